The predicted molar refractivity (Wildman–Crippen MR) is 108 cm³/mol. The zero-order valence-electron chi connectivity index (χ0n) is 14.4. The summed E-state index contributed by atoms with van der Waals surface area (Å²) in [6, 6.07) is 20.6. The Bertz CT molecular complexity index is 907. The van der Waals surface area contributed by atoms with Crippen molar-refractivity contribution in [2.45, 2.75) is 13.5 Å². The van der Waals surface area contributed by atoms with Gasteiger partial charge in [-0.3, -0.25) is 9.69 Å². The van der Waals surface area contributed by atoms with Crippen molar-refractivity contribution in [1.82, 2.24) is 4.90 Å². The molecular formula is C21H21BrN2O. The molecule has 0 aliphatic carbocycles. The van der Waals surface area contributed by atoms with Gasteiger partial charge in [-0.15, -0.1) is 0 Å². The van der Waals surface area contributed by atoms with Crippen molar-refractivity contribution in [3.8, 4) is 0 Å². The van der Waals surface area contributed by atoms with E-state index < -0.39 is 0 Å². The number of nitrogens with zero attached hydrogens (tertiary/aromatic N) is 1. The maximum Gasteiger partial charge on any atom is 0.238 e. The van der Waals surface area contributed by atoms with E-state index in [2.05, 4.69) is 51.6 Å². The summed E-state index contributed by atoms with van der Waals surface area (Å²) in [6.45, 7) is 3.09. The van der Waals surface area contributed by atoms with Crippen LogP contribution in [0.2, 0.25) is 0 Å². The smallest absolute Gasteiger partial charge is 0.238 e. The number of hydrogen-bond acceptors (Lipinski definition) is 2. The van der Waals surface area contributed by atoms with E-state index in [0.717, 1.165) is 22.3 Å². The van der Waals surface area contributed by atoms with Crippen LogP contribution in [0, 0.1) is 6.92 Å². The Morgan fingerprint density at radius 3 is 2.56 bits per heavy atom. The molecule has 0 aliphatic heterocycles. The van der Waals surface area contributed by atoms with Crippen LogP contribution < -0.4 is 5.32 Å². The first kappa shape index (κ1) is 17.6. The van der Waals surface area contributed by atoms with Crippen LogP contribution in [0.15, 0.2) is 65.1 Å². The number of halogens is 1. The summed E-state index contributed by atoms with van der Waals surface area (Å²) in [5, 5.41) is 5.41. The number of nitrogens with one attached hydrogen (secondary N) is 1. The number of hydrogen-bond donors (Lipinski definition) is 1. The fourth-order valence-electron chi connectivity index (χ4n) is 2.86. The van der Waals surface area contributed by atoms with Crippen LogP contribution >= 0.6 is 15.9 Å². The molecule has 3 rings (SSSR count). The molecule has 0 aromatic heterocycles. The molecule has 0 atom stereocenters. The second kappa shape index (κ2) is 7.81. The third-order valence-electron chi connectivity index (χ3n) is 4.08. The molecule has 3 nitrogen and oxygen atoms in total. The Balaban J connectivity index is 1.60. The summed E-state index contributed by atoms with van der Waals surface area (Å²) < 4.78 is 0.901. The van der Waals surface area contributed by atoms with Crippen molar-refractivity contribution in [3.63, 3.8) is 0 Å². The predicted octanol–water partition coefficient (Wildman–Crippen LogP) is 4.98. The number of benzene rings is 3. The number of anilines is 1. The first-order valence-corrected chi connectivity index (χ1v) is 9.03. The van der Waals surface area contributed by atoms with E-state index in [1.165, 1.54) is 16.3 Å². The van der Waals surface area contributed by atoms with E-state index in [9.17, 15) is 4.79 Å². The van der Waals surface area contributed by atoms with Crippen molar-refractivity contribution in [2.75, 3.05) is 18.9 Å². The van der Waals surface area contributed by atoms with Crippen LogP contribution in [-0.4, -0.2) is 24.4 Å². The van der Waals surface area contributed by atoms with Gasteiger partial charge >= 0.3 is 0 Å². The molecule has 0 saturated carbocycles. The third-order valence-corrected chi connectivity index (χ3v) is 4.73. The fraction of sp³-hybridized carbons (Fsp3) is 0.190. The Morgan fingerprint density at radius 2 is 1.80 bits per heavy atom. The van der Waals surface area contributed by atoms with Crippen LogP contribution in [0.5, 0.6) is 0 Å². The first-order valence-electron chi connectivity index (χ1n) is 8.23. The highest BCUT2D eigenvalue weighted by atomic mass is 79.9. The van der Waals surface area contributed by atoms with Gasteiger partial charge in [0.05, 0.1) is 12.2 Å². The maximum absolute atomic E-state index is 12.3. The highest BCUT2D eigenvalue weighted by Crippen LogP contribution is 2.23. The van der Waals surface area contributed by atoms with Crippen molar-refractivity contribution in [3.05, 3.63) is 76.3 Å². The van der Waals surface area contributed by atoms with E-state index in [0.29, 0.717) is 6.54 Å². The molecular weight excluding hydrogens is 376 g/mol. The zero-order valence-corrected chi connectivity index (χ0v) is 16.0. The summed E-state index contributed by atoms with van der Waals surface area (Å²) in [6.07, 6.45) is 0. The van der Waals surface area contributed by atoms with Crippen molar-refractivity contribution >= 4 is 38.3 Å². The van der Waals surface area contributed by atoms with Gasteiger partial charge in [0.1, 0.15) is 0 Å². The van der Waals surface area contributed by atoms with Gasteiger partial charge in [-0.05, 0) is 70.0 Å². The molecule has 0 heterocycles. The monoisotopic (exact) mass is 396 g/mol. The largest absolute Gasteiger partial charge is 0.324 e. The van der Waals surface area contributed by atoms with Crippen LogP contribution in [0.3, 0.4) is 0 Å². The topological polar surface area (TPSA) is 32.3 Å². The maximum atomic E-state index is 12.3. The minimum absolute atomic E-state index is 0.0205. The van der Waals surface area contributed by atoms with E-state index in [-0.39, 0.29) is 5.91 Å². The van der Waals surface area contributed by atoms with Gasteiger partial charge in [-0.1, -0.05) is 42.5 Å². The Kier molecular flexibility index (Phi) is 5.51. The van der Waals surface area contributed by atoms with Crippen LogP contribution in [0.25, 0.3) is 10.8 Å². The minimum Gasteiger partial charge on any atom is -0.324 e. The van der Waals surface area contributed by atoms with Crippen LogP contribution in [-0.2, 0) is 11.3 Å². The van der Waals surface area contributed by atoms with Crippen molar-refractivity contribution < 1.29 is 4.79 Å². The van der Waals surface area contributed by atoms with Gasteiger partial charge in [0.25, 0.3) is 0 Å². The van der Waals surface area contributed by atoms with Gasteiger partial charge in [0.2, 0.25) is 5.91 Å². The van der Waals surface area contributed by atoms with Gasteiger partial charge in [0, 0.05) is 11.0 Å². The van der Waals surface area contributed by atoms with Gasteiger partial charge < -0.3 is 5.32 Å². The number of amides is 1. The normalized spacial score (nSPS) is 11.0. The van der Waals surface area contributed by atoms with E-state index >= 15 is 0 Å². The number of rotatable bonds is 5. The molecule has 0 radical (unpaired) electrons. The van der Waals surface area contributed by atoms with E-state index in [1.54, 1.807) is 0 Å². The van der Waals surface area contributed by atoms with Crippen LogP contribution in [0.4, 0.5) is 5.69 Å². The van der Waals surface area contributed by atoms with Gasteiger partial charge in [0.15, 0.2) is 0 Å². The summed E-state index contributed by atoms with van der Waals surface area (Å²) >= 11 is 3.49. The quantitative estimate of drug-likeness (QED) is 0.659. The van der Waals surface area contributed by atoms with E-state index in [1.807, 2.05) is 49.2 Å². The number of aryl methyl sites for hydroxylation is 1. The minimum atomic E-state index is -0.0205. The summed E-state index contributed by atoms with van der Waals surface area (Å²) in [5.41, 5.74) is 3.15. The first-order chi connectivity index (χ1) is 12.0. The Morgan fingerprint density at radius 1 is 1.04 bits per heavy atom. The molecule has 4 heteroatoms. The lowest BCUT2D eigenvalue weighted by molar-refractivity contribution is -0.117. The summed E-state index contributed by atoms with van der Waals surface area (Å²) in [7, 11) is 1.96. The molecule has 0 spiro atoms. The van der Waals surface area contributed by atoms with E-state index in [4.69, 9.17) is 0 Å². The number of carbonyl (C=O) groups is 1. The van der Waals surface area contributed by atoms with Crippen molar-refractivity contribution in [2.24, 2.45) is 0 Å². The molecule has 0 unspecified atom stereocenters. The standard InChI is InChI=1S/C21H21BrN2O/c1-15-7-10-20(19(22)11-15)23-21(25)14-24(2)13-16-8-9-17-5-3-4-6-18(17)12-16/h3-12H,13-14H2,1-2H3,(H,23,25). The molecule has 0 aliphatic rings. The molecule has 1 N–H and O–H groups in total. The SMILES string of the molecule is Cc1ccc(NC(=O)CN(C)Cc2ccc3ccccc3c2)c(Br)c1. The number of fused-ring (bicyclic) bond motifs is 1. The molecule has 128 valence electrons. The lowest BCUT2D eigenvalue weighted by Crippen LogP contribution is -2.29. The molecule has 0 bridgehead atoms. The molecule has 3 aromatic carbocycles. The highest BCUT2D eigenvalue weighted by Gasteiger charge is 2.10. The molecule has 25 heavy (non-hydrogen) atoms. The molecule has 0 fully saturated rings. The highest BCUT2D eigenvalue weighted by molar-refractivity contribution is 9.10. The average molecular weight is 397 g/mol. The van der Waals surface area contributed by atoms with Gasteiger partial charge in [-0.2, -0.15) is 0 Å². The molecule has 0 saturated heterocycles. The number of carbonyl (C=O) groups excluding carboxylic acids is 1. The fourth-order valence-corrected chi connectivity index (χ4v) is 3.45. The summed E-state index contributed by atoms with van der Waals surface area (Å²) in [4.78, 5) is 14.3. The average Bonchev–Trinajstić information content (AvgIpc) is 2.57. The number of likely N-dealkylation sites (N-methyl/N-ethyl adjacent to an activating group) is 1. The lowest BCUT2D eigenvalue weighted by atomic mass is 10.1. The second-order valence-corrected chi connectivity index (χ2v) is 7.24. The Hall–Kier alpha value is -2.17. The summed E-state index contributed by atoms with van der Waals surface area (Å²) in [5.74, 6) is -0.0205. The van der Waals surface area contributed by atoms with Crippen LogP contribution in [0.1, 0.15) is 11.1 Å². The third kappa shape index (κ3) is 4.68. The molecule has 3 aromatic rings. The Labute approximate surface area is 156 Å². The lowest BCUT2D eigenvalue weighted by Gasteiger charge is -2.17. The molecule has 1 amide bonds. The van der Waals surface area contributed by atoms with Gasteiger partial charge in [-0.25, -0.2) is 0 Å². The zero-order chi connectivity index (χ0) is 17.8. The second-order valence-electron chi connectivity index (χ2n) is 6.39. The van der Waals surface area contributed by atoms with Crippen molar-refractivity contribution in [1.29, 1.82) is 0 Å².